The van der Waals surface area contributed by atoms with Gasteiger partial charge >= 0.3 is 5.97 Å². The van der Waals surface area contributed by atoms with Crippen molar-refractivity contribution in [1.82, 2.24) is 9.55 Å². The van der Waals surface area contributed by atoms with Crippen LogP contribution in [0.2, 0.25) is 5.02 Å². The number of halogens is 1. The number of ether oxygens (including phenoxy) is 1. The van der Waals surface area contributed by atoms with Crippen LogP contribution in [-0.4, -0.2) is 21.6 Å². The Morgan fingerprint density at radius 3 is 2.69 bits per heavy atom. The van der Waals surface area contributed by atoms with Crippen molar-refractivity contribution in [2.24, 2.45) is 0 Å². The number of benzene rings is 1. The first kappa shape index (κ1) is 18.6. The zero-order valence-electron chi connectivity index (χ0n) is 14.8. The molecule has 3 aromatic rings. The predicted molar refractivity (Wildman–Crippen MR) is 105 cm³/mol. The van der Waals surface area contributed by atoms with Crippen LogP contribution in [0.3, 0.4) is 0 Å². The predicted octanol–water partition coefficient (Wildman–Crippen LogP) is 4.43. The van der Waals surface area contributed by atoms with E-state index in [9.17, 15) is 9.59 Å². The third-order valence-electron chi connectivity index (χ3n) is 4.19. The molecule has 2 heterocycles. The first-order valence-corrected chi connectivity index (χ1v) is 9.54. The normalized spacial score (nSPS) is 12.3. The Bertz CT molecular complexity index is 1010. The van der Waals surface area contributed by atoms with E-state index in [2.05, 4.69) is 4.98 Å². The van der Waals surface area contributed by atoms with Crippen LogP contribution in [-0.2, 0) is 16.1 Å². The molecule has 3 rings (SSSR count). The summed E-state index contributed by atoms with van der Waals surface area (Å²) in [4.78, 5) is 31.1. The van der Waals surface area contributed by atoms with Gasteiger partial charge in [-0.3, -0.25) is 14.2 Å². The van der Waals surface area contributed by atoms with Crippen LogP contribution in [0.25, 0.3) is 21.3 Å². The maximum absolute atomic E-state index is 13.0. The summed E-state index contributed by atoms with van der Waals surface area (Å²) >= 11 is 7.43. The number of carbonyl (C=O) groups excluding carboxylic acids is 1. The minimum Gasteiger partial charge on any atom is -0.461 e. The third-order valence-corrected chi connectivity index (χ3v) is 5.46. The highest BCUT2D eigenvalue weighted by Gasteiger charge is 2.18. The summed E-state index contributed by atoms with van der Waals surface area (Å²) in [5, 5.41) is 1.16. The maximum Gasteiger partial charge on any atom is 0.326 e. The molecule has 2 aromatic heterocycles. The lowest BCUT2D eigenvalue weighted by atomic mass is 10.0. The second-order valence-corrected chi connectivity index (χ2v) is 7.75. The molecular weight excluding hydrogens is 372 g/mol. The fourth-order valence-corrected chi connectivity index (χ4v) is 3.83. The lowest BCUT2D eigenvalue weighted by Crippen LogP contribution is -2.27. The van der Waals surface area contributed by atoms with E-state index in [-0.39, 0.29) is 18.2 Å². The second kappa shape index (κ2) is 7.60. The summed E-state index contributed by atoms with van der Waals surface area (Å²) in [6.45, 7) is 5.56. The molecule has 0 unspecified atom stereocenters. The van der Waals surface area contributed by atoms with Gasteiger partial charge in [0.15, 0.2) is 0 Å². The SMILES string of the molecule is CC[C@H](C)OC(=O)Cn1cnc2sc(C)c(-c3ccc(Cl)cc3)c2c1=O. The van der Waals surface area contributed by atoms with Crippen molar-refractivity contribution in [3.8, 4) is 11.1 Å². The second-order valence-electron chi connectivity index (χ2n) is 6.11. The summed E-state index contributed by atoms with van der Waals surface area (Å²) in [7, 11) is 0. The molecule has 0 N–H and O–H groups in total. The van der Waals surface area contributed by atoms with Gasteiger partial charge in [0.1, 0.15) is 11.4 Å². The molecule has 0 saturated heterocycles. The number of thiophene rings is 1. The van der Waals surface area contributed by atoms with Gasteiger partial charge < -0.3 is 4.74 Å². The molecule has 0 fully saturated rings. The number of esters is 1. The Kier molecular flexibility index (Phi) is 5.44. The third kappa shape index (κ3) is 3.66. The van der Waals surface area contributed by atoms with Crippen LogP contribution in [0.1, 0.15) is 25.1 Å². The van der Waals surface area contributed by atoms with Gasteiger partial charge in [-0.15, -0.1) is 11.3 Å². The molecule has 0 aliphatic carbocycles. The van der Waals surface area contributed by atoms with Gasteiger partial charge in [-0.2, -0.15) is 0 Å². The fourth-order valence-electron chi connectivity index (χ4n) is 2.70. The molecule has 5 nitrogen and oxygen atoms in total. The van der Waals surface area contributed by atoms with Crippen LogP contribution < -0.4 is 5.56 Å². The summed E-state index contributed by atoms with van der Waals surface area (Å²) < 4.78 is 6.57. The Hall–Kier alpha value is -2.18. The average molecular weight is 391 g/mol. The van der Waals surface area contributed by atoms with Crippen LogP contribution in [0.4, 0.5) is 0 Å². The highest BCUT2D eigenvalue weighted by atomic mass is 35.5. The number of hydrogen-bond donors (Lipinski definition) is 0. The highest BCUT2D eigenvalue weighted by molar-refractivity contribution is 7.19. The van der Waals surface area contributed by atoms with Crippen LogP contribution >= 0.6 is 22.9 Å². The summed E-state index contributed by atoms with van der Waals surface area (Å²) in [5.74, 6) is -0.442. The number of aromatic nitrogens is 2. The highest BCUT2D eigenvalue weighted by Crippen LogP contribution is 2.35. The molecule has 0 saturated carbocycles. The largest absolute Gasteiger partial charge is 0.461 e. The zero-order chi connectivity index (χ0) is 18.8. The van der Waals surface area contributed by atoms with E-state index in [1.807, 2.05) is 32.9 Å². The lowest BCUT2D eigenvalue weighted by Gasteiger charge is -2.11. The minimum atomic E-state index is -0.442. The first-order chi connectivity index (χ1) is 12.4. The zero-order valence-corrected chi connectivity index (χ0v) is 16.4. The van der Waals surface area contributed by atoms with Gasteiger partial charge in [0.05, 0.1) is 17.8 Å². The molecule has 1 aromatic carbocycles. The van der Waals surface area contributed by atoms with E-state index in [4.69, 9.17) is 16.3 Å². The van der Waals surface area contributed by atoms with Gasteiger partial charge in [-0.1, -0.05) is 30.7 Å². The van der Waals surface area contributed by atoms with Crippen molar-refractivity contribution in [3.63, 3.8) is 0 Å². The van der Waals surface area contributed by atoms with Crippen molar-refractivity contribution in [2.75, 3.05) is 0 Å². The smallest absolute Gasteiger partial charge is 0.326 e. The number of aryl methyl sites for hydroxylation is 1. The van der Waals surface area contributed by atoms with E-state index in [1.165, 1.54) is 22.2 Å². The molecule has 0 spiro atoms. The van der Waals surface area contributed by atoms with Crippen molar-refractivity contribution >= 4 is 39.1 Å². The first-order valence-electron chi connectivity index (χ1n) is 8.34. The Morgan fingerprint density at radius 1 is 1.35 bits per heavy atom. The summed E-state index contributed by atoms with van der Waals surface area (Å²) in [6, 6.07) is 7.34. The monoisotopic (exact) mass is 390 g/mol. The Labute approximate surface area is 160 Å². The van der Waals surface area contributed by atoms with Crippen molar-refractivity contribution in [3.05, 3.63) is 50.8 Å². The Balaban J connectivity index is 2.05. The number of fused-ring (bicyclic) bond motifs is 1. The molecule has 136 valence electrons. The molecular formula is C19H19ClN2O3S. The average Bonchev–Trinajstić information content (AvgIpc) is 2.95. The van der Waals surface area contributed by atoms with Gasteiger partial charge in [0.2, 0.25) is 0 Å². The van der Waals surface area contributed by atoms with Crippen molar-refractivity contribution in [1.29, 1.82) is 0 Å². The number of hydrogen-bond acceptors (Lipinski definition) is 5. The van der Waals surface area contributed by atoms with Crippen molar-refractivity contribution < 1.29 is 9.53 Å². The standard InChI is InChI=1S/C19H19ClN2O3S/c1-4-11(2)25-15(23)9-22-10-21-18-17(19(22)24)16(12(3)26-18)13-5-7-14(20)8-6-13/h5-8,10-11H,4,9H2,1-3H3/t11-/m0/s1. The quantitative estimate of drug-likeness (QED) is 0.604. The van der Waals surface area contributed by atoms with E-state index >= 15 is 0 Å². The van der Waals surface area contributed by atoms with Gasteiger partial charge in [0.25, 0.3) is 5.56 Å². The molecule has 0 aliphatic rings. The molecule has 0 radical (unpaired) electrons. The van der Waals surface area contributed by atoms with Gasteiger partial charge in [0, 0.05) is 15.5 Å². The van der Waals surface area contributed by atoms with Crippen LogP contribution in [0.5, 0.6) is 0 Å². The van der Waals surface area contributed by atoms with E-state index in [0.717, 1.165) is 22.4 Å². The fraction of sp³-hybridized carbons (Fsp3) is 0.316. The van der Waals surface area contributed by atoms with E-state index in [1.54, 1.807) is 12.1 Å². The molecule has 1 atom stereocenters. The van der Waals surface area contributed by atoms with Crippen LogP contribution in [0, 0.1) is 6.92 Å². The minimum absolute atomic E-state index is 0.152. The van der Waals surface area contributed by atoms with Crippen molar-refractivity contribution in [2.45, 2.75) is 39.8 Å². The topological polar surface area (TPSA) is 61.2 Å². The maximum atomic E-state index is 13.0. The lowest BCUT2D eigenvalue weighted by molar-refractivity contribution is -0.149. The number of rotatable bonds is 5. The molecule has 0 amide bonds. The Morgan fingerprint density at radius 2 is 2.04 bits per heavy atom. The van der Waals surface area contributed by atoms with Gasteiger partial charge in [-0.05, 0) is 38.0 Å². The molecule has 26 heavy (non-hydrogen) atoms. The number of nitrogens with zero attached hydrogens (tertiary/aromatic N) is 2. The summed E-state index contributed by atoms with van der Waals surface area (Å²) in [5.41, 5.74) is 1.49. The van der Waals surface area contributed by atoms with E-state index < -0.39 is 5.97 Å². The molecule has 0 bridgehead atoms. The van der Waals surface area contributed by atoms with Gasteiger partial charge in [-0.25, -0.2) is 4.98 Å². The molecule has 0 aliphatic heterocycles. The number of carbonyl (C=O) groups is 1. The van der Waals surface area contributed by atoms with E-state index in [0.29, 0.717) is 15.2 Å². The summed E-state index contributed by atoms with van der Waals surface area (Å²) in [6.07, 6.45) is 1.95. The van der Waals surface area contributed by atoms with Crippen LogP contribution in [0.15, 0.2) is 35.4 Å². The molecule has 7 heteroatoms.